The number of halogens is 3. The van der Waals surface area contributed by atoms with E-state index in [1.165, 1.54) is 18.2 Å². The molecule has 0 aliphatic carbocycles. The van der Waals surface area contributed by atoms with Crippen molar-refractivity contribution in [1.29, 1.82) is 0 Å². The molecule has 0 radical (unpaired) electrons. The minimum absolute atomic E-state index is 0.247. The molecule has 1 rings (SSSR count). The summed E-state index contributed by atoms with van der Waals surface area (Å²) in [5, 5.41) is 0. The van der Waals surface area contributed by atoms with Crippen LogP contribution in [0.5, 0.6) is 0 Å². The fourth-order valence-electron chi connectivity index (χ4n) is 0.673. The van der Waals surface area contributed by atoms with Gasteiger partial charge in [0.15, 0.2) is 0 Å². The molecule has 1 aromatic carbocycles. The Balaban J connectivity index is 3.39. The predicted octanol–water partition coefficient (Wildman–Crippen LogP) is 2.71. The first kappa shape index (κ1) is 10.4. The molecule has 0 atom stereocenters. The molecule has 12 heavy (non-hydrogen) atoms. The second kappa shape index (κ2) is 3.59. The molecule has 0 aromatic heterocycles. The predicted molar refractivity (Wildman–Crippen MR) is 55.2 cm³/mol. The third kappa shape index (κ3) is 2.40. The highest BCUT2D eigenvalue weighted by Crippen LogP contribution is 2.25. The Bertz CT molecular complexity index is 404. The first-order valence-corrected chi connectivity index (χ1v) is 6.06. The van der Waals surface area contributed by atoms with Gasteiger partial charge in [-0.25, -0.2) is 0 Å². The lowest BCUT2D eigenvalue weighted by atomic mass is 10.4. The lowest BCUT2D eigenvalue weighted by Gasteiger charge is -1.98. The maximum absolute atomic E-state index is 12.5. The van der Waals surface area contributed by atoms with Crippen molar-refractivity contribution in [2.75, 3.05) is 0 Å². The molecule has 2 nitrogen and oxygen atoms in total. The van der Waals surface area contributed by atoms with Crippen molar-refractivity contribution in [2.45, 2.75) is 4.90 Å². The normalized spacial score (nSPS) is 11.6. The Kier molecular flexibility index (Phi) is 3.11. The van der Waals surface area contributed by atoms with Crippen molar-refractivity contribution < 1.29 is 12.3 Å². The quantitative estimate of drug-likeness (QED) is 0.567. The topological polar surface area (TPSA) is 34.1 Å². The second-order valence-electron chi connectivity index (χ2n) is 2.01. The van der Waals surface area contributed by atoms with Gasteiger partial charge in [0.05, 0.1) is 0 Å². The highest BCUT2D eigenvalue weighted by Gasteiger charge is 2.15. The maximum Gasteiger partial charge on any atom is 0.333 e. The largest absolute Gasteiger partial charge is 0.333 e. The molecular weight excluding hydrogens is 362 g/mol. The SMILES string of the molecule is O=S(=O)(F)c1ccc(I)cc1Br. The molecule has 66 valence electrons. The van der Waals surface area contributed by atoms with Crippen LogP contribution in [0, 0.1) is 3.57 Å². The molecule has 0 spiro atoms. The molecule has 6 heteroatoms. The van der Waals surface area contributed by atoms with Gasteiger partial charge in [-0.05, 0) is 56.7 Å². The van der Waals surface area contributed by atoms with Crippen LogP contribution in [0.2, 0.25) is 0 Å². The minimum Gasteiger partial charge on any atom is -0.189 e. The van der Waals surface area contributed by atoms with Gasteiger partial charge in [0.1, 0.15) is 4.90 Å². The summed E-state index contributed by atoms with van der Waals surface area (Å²) in [6.45, 7) is 0. The maximum atomic E-state index is 12.5. The van der Waals surface area contributed by atoms with Crippen molar-refractivity contribution in [1.82, 2.24) is 0 Å². The van der Waals surface area contributed by atoms with E-state index in [-0.39, 0.29) is 9.37 Å². The molecule has 0 bridgehead atoms. The minimum atomic E-state index is -4.60. The van der Waals surface area contributed by atoms with Gasteiger partial charge in [0.2, 0.25) is 0 Å². The zero-order valence-corrected chi connectivity index (χ0v) is 10.2. The monoisotopic (exact) mass is 364 g/mol. The van der Waals surface area contributed by atoms with E-state index in [2.05, 4.69) is 15.9 Å². The molecule has 0 aliphatic rings. The molecular formula is C6H3BrFIO2S. The standard InChI is InChI=1S/C6H3BrFIO2S/c7-5-3-4(9)1-2-6(5)12(8,10)11/h1-3H. The zero-order valence-electron chi connectivity index (χ0n) is 5.59. The van der Waals surface area contributed by atoms with Gasteiger partial charge in [-0.3, -0.25) is 0 Å². The van der Waals surface area contributed by atoms with Crippen LogP contribution < -0.4 is 0 Å². The summed E-state index contributed by atoms with van der Waals surface area (Å²) in [6.07, 6.45) is 0. The van der Waals surface area contributed by atoms with E-state index in [1.807, 2.05) is 22.6 Å². The summed E-state index contributed by atoms with van der Waals surface area (Å²) < 4.78 is 34.5. The summed E-state index contributed by atoms with van der Waals surface area (Å²) >= 11 is 4.96. The van der Waals surface area contributed by atoms with E-state index in [9.17, 15) is 12.3 Å². The zero-order chi connectivity index (χ0) is 9.35. The smallest absolute Gasteiger partial charge is 0.189 e. The molecule has 0 saturated heterocycles. The number of hydrogen-bond donors (Lipinski definition) is 0. The average Bonchev–Trinajstić information content (AvgIpc) is 1.83. The summed E-state index contributed by atoms with van der Waals surface area (Å²) in [6, 6.07) is 4.28. The van der Waals surface area contributed by atoms with E-state index in [0.29, 0.717) is 0 Å². The Labute approximate surface area is 91.6 Å². The third-order valence-electron chi connectivity index (χ3n) is 1.16. The first-order valence-electron chi connectivity index (χ1n) is 2.81. The van der Waals surface area contributed by atoms with E-state index < -0.39 is 10.2 Å². The van der Waals surface area contributed by atoms with Crippen LogP contribution in [-0.2, 0) is 10.2 Å². The van der Waals surface area contributed by atoms with Crippen molar-refractivity contribution in [3.05, 3.63) is 26.2 Å². The molecule has 0 saturated carbocycles. The lowest BCUT2D eigenvalue weighted by Crippen LogP contribution is -1.93. The number of rotatable bonds is 1. The number of benzene rings is 1. The summed E-state index contributed by atoms with van der Waals surface area (Å²) in [5.74, 6) is 0. The highest BCUT2D eigenvalue weighted by atomic mass is 127. The van der Waals surface area contributed by atoms with Crippen LogP contribution in [0.4, 0.5) is 3.89 Å². The van der Waals surface area contributed by atoms with Crippen molar-refractivity contribution >= 4 is 48.7 Å². The molecule has 0 fully saturated rings. The van der Waals surface area contributed by atoms with Crippen LogP contribution in [0.15, 0.2) is 27.6 Å². The van der Waals surface area contributed by atoms with Gasteiger partial charge >= 0.3 is 10.2 Å². The Morgan fingerprint density at radius 1 is 1.42 bits per heavy atom. The molecule has 0 amide bonds. The van der Waals surface area contributed by atoms with Gasteiger partial charge in [-0.2, -0.15) is 8.42 Å². The van der Waals surface area contributed by atoms with Gasteiger partial charge in [0.25, 0.3) is 0 Å². The first-order chi connectivity index (χ1) is 5.41. The summed E-state index contributed by atoms with van der Waals surface area (Å²) in [4.78, 5) is -0.331. The summed E-state index contributed by atoms with van der Waals surface area (Å²) in [5.41, 5.74) is 0. The van der Waals surface area contributed by atoms with Gasteiger partial charge < -0.3 is 0 Å². The van der Waals surface area contributed by atoms with Crippen molar-refractivity contribution in [2.24, 2.45) is 0 Å². The van der Waals surface area contributed by atoms with Gasteiger partial charge in [0, 0.05) is 8.04 Å². The van der Waals surface area contributed by atoms with Crippen molar-refractivity contribution in [3.63, 3.8) is 0 Å². The van der Waals surface area contributed by atoms with Crippen LogP contribution in [0.25, 0.3) is 0 Å². The molecule has 0 unspecified atom stereocenters. The third-order valence-corrected chi connectivity index (χ3v) is 3.63. The van der Waals surface area contributed by atoms with Crippen LogP contribution in [0.1, 0.15) is 0 Å². The van der Waals surface area contributed by atoms with Crippen LogP contribution in [-0.4, -0.2) is 8.42 Å². The van der Waals surface area contributed by atoms with Crippen LogP contribution in [0.3, 0.4) is 0 Å². The molecule has 0 heterocycles. The fourth-order valence-corrected chi connectivity index (χ4v) is 3.07. The van der Waals surface area contributed by atoms with E-state index in [4.69, 9.17) is 0 Å². The van der Waals surface area contributed by atoms with E-state index >= 15 is 0 Å². The van der Waals surface area contributed by atoms with E-state index in [1.54, 1.807) is 0 Å². The Morgan fingerprint density at radius 2 is 2.00 bits per heavy atom. The van der Waals surface area contributed by atoms with E-state index in [0.717, 1.165) is 3.57 Å². The van der Waals surface area contributed by atoms with Gasteiger partial charge in [-0.1, -0.05) is 0 Å². The fraction of sp³-hybridized carbons (Fsp3) is 0. The molecule has 0 N–H and O–H groups in total. The molecule has 0 aliphatic heterocycles. The Morgan fingerprint density at radius 3 is 2.42 bits per heavy atom. The van der Waals surface area contributed by atoms with Crippen molar-refractivity contribution in [3.8, 4) is 0 Å². The lowest BCUT2D eigenvalue weighted by molar-refractivity contribution is 0.551. The second-order valence-corrected chi connectivity index (χ2v) is 5.43. The summed E-state index contributed by atoms with van der Waals surface area (Å²) in [7, 11) is -4.60. The van der Waals surface area contributed by atoms with Crippen LogP contribution >= 0.6 is 38.5 Å². The number of hydrogen-bond acceptors (Lipinski definition) is 2. The Hall–Kier alpha value is 0.310. The highest BCUT2D eigenvalue weighted by molar-refractivity contribution is 14.1. The average molecular weight is 365 g/mol. The molecule has 1 aromatic rings. The van der Waals surface area contributed by atoms with Gasteiger partial charge in [-0.15, -0.1) is 3.89 Å².